The number of carbonyl (C=O) groups excluding carboxylic acids is 1. The molecule has 0 unspecified atom stereocenters. The molecule has 0 aliphatic carbocycles. The van der Waals surface area contributed by atoms with Gasteiger partial charge in [-0.05, 0) is 36.5 Å². The van der Waals surface area contributed by atoms with Gasteiger partial charge in [0.1, 0.15) is 0 Å². The zero-order chi connectivity index (χ0) is 15.5. The summed E-state index contributed by atoms with van der Waals surface area (Å²) in [6.07, 6.45) is 5.61. The predicted molar refractivity (Wildman–Crippen MR) is 88.3 cm³/mol. The number of hydrogen-bond acceptors (Lipinski definition) is 3. The van der Waals surface area contributed by atoms with Gasteiger partial charge in [0.25, 0.3) is 5.91 Å². The molecule has 116 valence electrons. The normalized spacial score (nSPS) is 13.6. The first-order valence-corrected chi connectivity index (χ1v) is 7.83. The van der Waals surface area contributed by atoms with Crippen molar-refractivity contribution >= 4 is 17.5 Å². The van der Waals surface area contributed by atoms with Gasteiger partial charge in [-0.15, -0.1) is 0 Å². The van der Waals surface area contributed by atoms with E-state index in [0.717, 1.165) is 42.7 Å². The highest BCUT2D eigenvalue weighted by molar-refractivity contribution is 6.05. The Morgan fingerprint density at radius 3 is 3.14 bits per heavy atom. The maximum absolute atomic E-state index is 12.6. The molecule has 3 rings (SSSR count). The molecule has 2 heterocycles. The van der Waals surface area contributed by atoms with Crippen LogP contribution in [0.2, 0.25) is 0 Å². The lowest BCUT2D eigenvalue weighted by molar-refractivity contribution is 0.102. The smallest absolute Gasteiger partial charge is 0.258 e. The van der Waals surface area contributed by atoms with Gasteiger partial charge in [-0.3, -0.25) is 10.1 Å². The van der Waals surface area contributed by atoms with Crippen LogP contribution in [0.1, 0.15) is 36.2 Å². The molecule has 1 amide bonds. The summed E-state index contributed by atoms with van der Waals surface area (Å²) < 4.78 is 1.98. The molecular formula is C17H22N4O. The summed E-state index contributed by atoms with van der Waals surface area (Å²) in [6.45, 7) is 6.09. The van der Waals surface area contributed by atoms with Crippen molar-refractivity contribution < 1.29 is 4.79 Å². The molecule has 1 aromatic heterocycles. The summed E-state index contributed by atoms with van der Waals surface area (Å²) in [4.78, 5) is 16.9. The number of nitrogens with one attached hydrogen (secondary N) is 2. The standard InChI is InChI=1S/C17H22N4O/c1-12(2)11-21-10-9-19-17(21)20-16(22)14-5-3-7-15-13(14)6-4-8-18-15/h3,5,7,9-10,12,18H,4,6,8,11H2,1-2H3,(H,19,20,22). The van der Waals surface area contributed by atoms with Gasteiger partial charge in [0.05, 0.1) is 0 Å². The summed E-state index contributed by atoms with van der Waals surface area (Å²) in [7, 11) is 0. The van der Waals surface area contributed by atoms with Gasteiger partial charge in [0, 0.05) is 36.7 Å². The second-order valence-corrected chi connectivity index (χ2v) is 6.11. The SMILES string of the molecule is CC(C)Cn1ccnc1NC(=O)c1cccc2c1CCCN2. The Hall–Kier alpha value is -2.30. The van der Waals surface area contributed by atoms with Crippen molar-refractivity contribution in [1.82, 2.24) is 9.55 Å². The Balaban J connectivity index is 1.82. The van der Waals surface area contributed by atoms with Crippen LogP contribution in [0.5, 0.6) is 0 Å². The number of rotatable bonds is 4. The molecule has 2 N–H and O–H groups in total. The molecule has 0 bridgehead atoms. The molecule has 0 radical (unpaired) electrons. The van der Waals surface area contributed by atoms with E-state index >= 15 is 0 Å². The molecule has 5 nitrogen and oxygen atoms in total. The van der Waals surface area contributed by atoms with E-state index in [0.29, 0.717) is 11.9 Å². The number of amides is 1. The molecule has 5 heteroatoms. The lowest BCUT2D eigenvalue weighted by Gasteiger charge is -2.20. The second-order valence-electron chi connectivity index (χ2n) is 6.11. The fraction of sp³-hybridized carbons (Fsp3) is 0.412. The minimum absolute atomic E-state index is 0.0863. The van der Waals surface area contributed by atoms with E-state index in [-0.39, 0.29) is 5.91 Å². The van der Waals surface area contributed by atoms with Crippen LogP contribution >= 0.6 is 0 Å². The molecule has 0 spiro atoms. The van der Waals surface area contributed by atoms with Crippen molar-refractivity contribution in [2.75, 3.05) is 17.2 Å². The maximum Gasteiger partial charge on any atom is 0.258 e. The number of benzene rings is 1. The monoisotopic (exact) mass is 298 g/mol. The number of imidazole rings is 1. The van der Waals surface area contributed by atoms with Gasteiger partial charge in [0.2, 0.25) is 5.95 Å². The summed E-state index contributed by atoms with van der Waals surface area (Å²) >= 11 is 0. The Morgan fingerprint density at radius 1 is 1.45 bits per heavy atom. The largest absolute Gasteiger partial charge is 0.385 e. The highest BCUT2D eigenvalue weighted by atomic mass is 16.1. The van der Waals surface area contributed by atoms with Gasteiger partial charge < -0.3 is 9.88 Å². The summed E-state index contributed by atoms with van der Waals surface area (Å²) in [5.74, 6) is 1.02. The van der Waals surface area contributed by atoms with E-state index in [2.05, 4.69) is 29.5 Å². The Morgan fingerprint density at radius 2 is 2.32 bits per heavy atom. The first-order valence-electron chi connectivity index (χ1n) is 7.83. The predicted octanol–water partition coefficient (Wildman–Crippen LogP) is 3.15. The third kappa shape index (κ3) is 2.98. The Kier molecular flexibility index (Phi) is 4.13. The van der Waals surface area contributed by atoms with Gasteiger partial charge >= 0.3 is 0 Å². The number of carbonyl (C=O) groups is 1. The van der Waals surface area contributed by atoms with Crippen LogP contribution in [0.15, 0.2) is 30.6 Å². The molecule has 1 aliphatic rings. The van der Waals surface area contributed by atoms with Crippen LogP contribution in [0.4, 0.5) is 11.6 Å². The lowest BCUT2D eigenvalue weighted by atomic mass is 9.97. The van der Waals surface area contributed by atoms with Gasteiger partial charge in [0.15, 0.2) is 0 Å². The van der Waals surface area contributed by atoms with Gasteiger partial charge in [-0.25, -0.2) is 4.98 Å². The Labute approximate surface area is 130 Å². The van der Waals surface area contributed by atoms with Gasteiger partial charge in [-0.1, -0.05) is 19.9 Å². The van der Waals surface area contributed by atoms with Crippen molar-refractivity contribution in [1.29, 1.82) is 0 Å². The van der Waals surface area contributed by atoms with E-state index in [1.165, 1.54) is 0 Å². The molecular weight excluding hydrogens is 276 g/mol. The molecule has 0 fully saturated rings. The fourth-order valence-electron chi connectivity index (χ4n) is 2.87. The molecule has 1 aliphatic heterocycles. The van der Waals surface area contributed by atoms with Crippen LogP contribution < -0.4 is 10.6 Å². The average Bonchev–Trinajstić information content (AvgIpc) is 2.93. The molecule has 0 atom stereocenters. The summed E-state index contributed by atoms with van der Waals surface area (Å²) in [5.41, 5.74) is 2.92. The quantitative estimate of drug-likeness (QED) is 0.911. The fourth-order valence-corrected chi connectivity index (χ4v) is 2.87. The van der Waals surface area contributed by atoms with Crippen molar-refractivity contribution in [3.05, 3.63) is 41.7 Å². The third-order valence-electron chi connectivity index (χ3n) is 3.84. The lowest BCUT2D eigenvalue weighted by Crippen LogP contribution is -2.21. The van der Waals surface area contributed by atoms with Crippen LogP contribution in [0.3, 0.4) is 0 Å². The van der Waals surface area contributed by atoms with Gasteiger partial charge in [-0.2, -0.15) is 0 Å². The molecule has 0 saturated carbocycles. The number of nitrogens with zero attached hydrogens (tertiary/aromatic N) is 2. The van der Waals surface area contributed by atoms with E-state index < -0.39 is 0 Å². The average molecular weight is 298 g/mol. The second kappa shape index (κ2) is 6.22. The zero-order valence-corrected chi connectivity index (χ0v) is 13.1. The third-order valence-corrected chi connectivity index (χ3v) is 3.84. The minimum Gasteiger partial charge on any atom is -0.385 e. The van der Waals surface area contributed by atoms with E-state index in [1.807, 2.05) is 29.0 Å². The Bertz CT molecular complexity index is 675. The van der Waals surface area contributed by atoms with E-state index in [1.54, 1.807) is 6.20 Å². The van der Waals surface area contributed by atoms with E-state index in [4.69, 9.17) is 0 Å². The molecule has 2 aromatic rings. The maximum atomic E-state index is 12.6. The van der Waals surface area contributed by atoms with Crippen molar-refractivity contribution in [3.8, 4) is 0 Å². The number of fused-ring (bicyclic) bond motifs is 1. The minimum atomic E-state index is -0.0863. The van der Waals surface area contributed by atoms with Crippen molar-refractivity contribution in [2.24, 2.45) is 5.92 Å². The van der Waals surface area contributed by atoms with Crippen LogP contribution in [-0.2, 0) is 13.0 Å². The van der Waals surface area contributed by atoms with Crippen molar-refractivity contribution in [2.45, 2.75) is 33.2 Å². The first kappa shape index (κ1) is 14.6. The molecule has 22 heavy (non-hydrogen) atoms. The van der Waals surface area contributed by atoms with Crippen LogP contribution in [0.25, 0.3) is 0 Å². The number of hydrogen-bond donors (Lipinski definition) is 2. The van der Waals surface area contributed by atoms with Crippen molar-refractivity contribution in [3.63, 3.8) is 0 Å². The van der Waals surface area contributed by atoms with Crippen LogP contribution in [-0.4, -0.2) is 22.0 Å². The zero-order valence-electron chi connectivity index (χ0n) is 13.1. The molecule has 1 aromatic carbocycles. The first-order chi connectivity index (χ1) is 10.6. The van der Waals surface area contributed by atoms with E-state index in [9.17, 15) is 4.79 Å². The highest BCUT2D eigenvalue weighted by Crippen LogP contribution is 2.25. The summed E-state index contributed by atoms with van der Waals surface area (Å²) in [6, 6.07) is 5.84. The summed E-state index contributed by atoms with van der Waals surface area (Å²) in [5, 5.41) is 6.30. The number of aromatic nitrogens is 2. The van der Waals surface area contributed by atoms with Crippen LogP contribution in [0, 0.1) is 5.92 Å². The topological polar surface area (TPSA) is 59.0 Å². The molecule has 0 saturated heterocycles. The number of anilines is 2. The highest BCUT2D eigenvalue weighted by Gasteiger charge is 2.18.